The van der Waals surface area contributed by atoms with Gasteiger partial charge in [0.05, 0.1) is 23.3 Å². The number of nitrogen functional groups attached to an aromatic ring is 4. The third kappa shape index (κ3) is 4.06. The van der Waals surface area contributed by atoms with Crippen molar-refractivity contribution in [2.75, 3.05) is 22.9 Å². The van der Waals surface area contributed by atoms with Crippen molar-refractivity contribution in [1.29, 1.82) is 0 Å². The van der Waals surface area contributed by atoms with Crippen molar-refractivity contribution in [3.05, 3.63) is 72.8 Å². The van der Waals surface area contributed by atoms with E-state index < -0.39 is 0 Å². The minimum absolute atomic E-state index is 0. The van der Waals surface area contributed by atoms with Crippen LogP contribution in [0.5, 0.6) is 0 Å². The van der Waals surface area contributed by atoms with Gasteiger partial charge in [-0.05, 0) is 82.2 Å². The molecule has 1 radical (unpaired) electrons. The molecule has 9 rings (SSSR count). The minimum Gasteiger partial charge on any atom is -0.399 e. The third-order valence-electron chi connectivity index (χ3n) is 7.80. The first-order valence-electron chi connectivity index (χ1n) is 13.7. The smallest absolute Gasteiger partial charge is 0.0928 e. The molecule has 4 aromatic carbocycles. The second kappa shape index (κ2) is 9.47. The van der Waals surface area contributed by atoms with Gasteiger partial charge in [0, 0.05) is 84.4 Å². The number of hydrogen-bond donors (Lipinski definition) is 4. The fraction of sp³-hybridized carbons (Fsp3) is 0. The number of rotatable bonds is 0. The molecule has 12 nitrogen and oxygen atoms in total. The zero-order valence-corrected chi connectivity index (χ0v) is 24.2. The van der Waals surface area contributed by atoms with Crippen LogP contribution in [-0.2, 0) is 16.8 Å². The number of fused-ring (bicyclic) bond motifs is 20. The Morgan fingerprint density at radius 3 is 1.11 bits per heavy atom. The number of hydrogen-bond acceptors (Lipinski definition) is 10. The van der Waals surface area contributed by atoms with Crippen LogP contribution in [0, 0.1) is 0 Å². The number of anilines is 4. The normalized spacial score (nSPS) is 11.7. The minimum atomic E-state index is 0. The van der Waals surface area contributed by atoms with E-state index in [0.29, 0.717) is 68.6 Å². The third-order valence-corrected chi connectivity index (χ3v) is 7.80. The van der Waals surface area contributed by atoms with Gasteiger partial charge in [-0.3, -0.25) is 0 Å². The SMILES string of the molecule is Nc1ccc2c(c1)-c1nc-2nc2[n-]c(nc3nc(nc4[n-]c(n1)c1ccc(N)cc41)-c1ccc(N)cc1-3)c1ccc(N)cc21.[Co]. The Balaban J connectivity index is 0.00000300. The summed E-state index contributed by atoms with van der Waals surface area (Å²) < 4.78 is 0. The average molecular weight is 632 g/mol. The Labute approximate surface area is 264 Å². The van der Waals surface area contributed by atoms with E-state index in [9.17, 15) is 0 Å². The van der Waals surface area contributed by atoms with Crippen molar-refractivity contribution < 1.29 is 16.8 Å². The molecular formula is C32H20CoN12-2. The Bertz CT molecular complexity index is 2390. The fourth-order valence-corrected chi connectivity index (χ4v) is 5.73. The van der Waals surface area contributed by atoms with Crippen LogP contribution in [0.2, 0.25) is 0 Å². The zero-order chi connectivity index (χ0) is 29.7. The van der Waals surface area contributed by atoms with Crippen molar-refractivity contribution in [2.24, 2.45) is 0 Å². The van der Waals surface area contributed by atoms with Gasteiger partial charge < -0.3 is 52.8 Å². The van der Waals surface area contributed by atoms with Gasteiger partial charge in [-0.15, -0.1) is 0 Å². The van der Waals surface area contributed by atoms with Gasteiger partial charge in [0.2, 0.25) is 0 Å². The molecule has 7 aromatic rings. The summed E-state index contributed by atoms with van der Waals surface area (Å²) in [7, 11) is 0. The van der Waals surface area contributed by atoms with Crippen molar-refractivity contribution in [1.82, 2.24) is 39.9 Å². The van der Waals surface area contributed by atoms with Crippen molar-refractivity contribution >= 4 is 66.9 Å². The molecule has 0 saturated heterocycles. The van der Waals surface area contributed by atoms with Crippen LogP contribution in [0.1, 0.15) is 0 Å². The predicted octanol–water partition coefficient (Wildman–Crippen LogP) is 4.45. The molecule has 2 aliphatic heterocycles. The van der Waals surface area contributed by atoms with E-state index >= 15 is 0 Å². The van der Waals surface area contributed by atoms with Gasteiger partial charge in [-0.25, -0.2) is 9.97 Å². The van der Waals surface area contributed by atoms with Gasteiger partial charge >= 0.3 is 0 Å². The van der Waals surface area contributed by atoms with E-state index in [-0.39, 0.29) is 16.8 Å². The molecule has 13 heteroatoms. The standard InChI is InChI=1S/C32H20N12.Co/c33-13-1-5-17-21(9-13)29-37-25(17)41-30-22-10-14(34)2-6-18(22)27(38-30)43-32-24-12-16(36)4-8-20(24)28(40-32)44-31-23-11-15(35)3-7-19(23)26(39-31)42-29;/h1-12H,33-36H2;/q-2;. The summed E-state index contributed by atoms with van der Waals surface area (Å²) >= 11 is 0. The van der Waals surface area contributed by atoms with Gasteiger partial charge in [0.15, 0.2) is 0 Å². The number of nitrogens with zero attached hydrogens (tertiary/aromatic N) is 8. The Kier molecular flexibility index (Phi) is 5.59. The Morgan fingerprint density at radius 1 is 0.356 bits per heavy atom. The van der Waals surface area contributed by atoms with E-state index in [4.69, 9.17) is 62.8 Å². The average Bonchev–Trinajstić information content (AvgIpc) is 3.71. The summed E-state index contributed by atoms with van der Waals surface area (Å²) in [6.45, 7) is 0. The van der Waals surface area contributed by atoms with Crippen LogP contribution in [0.3, 0.4) is 0 Å². The molecular weight excluding hydrogens is 611 g/mol. The fourth-order valence-electron chi connectivity index (χ4n) is 5.73. The largest absolute Gasteiger partial charge is 0.399 e. The maximum Gasteiger partial charge on any atom is 0.0928 e. The summed E-state index contributed by atoms with van der Waals surface area (Å²) in [6.07, 6.45) is 0. The summed E-state index contributed by atoms with van der Waals surface area (Å²) in [5, 5.41) is 2.97. The quantitative estimate of drug-likeness (QED) is 0.171. The van der Waals surface area contributed by atoms with Gasteiger partial charge in [-0.1, -0.05) is 12.1 Å². The van der Waals surface area contributed by atoms with E-state index in [1.165, 1.54) is 0 Å². The molecule has 2 aliphatic rings. The molecule has 8 bridgehead atoms. The molecule has 0 spiro atoms. The molecule has 0 unspecified atom stereocenters. The van der Waals surface area contributed by atoms with Crippen LogP contribution in [-0.4, -0.2) is 29.9 Å². The summed E-state index contributed by atoms with van der Waals surface area (Å²) in [6, 6.07) is 22.0. The van der Waals surface area contributed by atoms with Crippen molar-refractivity contribution in [2.45, 2.75) is 0 Å². The second-order valence-corrected chi connectivity index (χ2v) is 10.7. The van der Waals surface area contributed by atoms with E-state index in [1.54, 1.807) is 24.3 Å². The van der Waals surface area contributed by atoms with Crippen molar-refractivity contribution in [3.63, 3.8) is 0 Å². The summed E-state index contributed by atoms with van der Waals surface area (Å²) in [5.74, 6) is 1.68. The zero-order valence-electron chi connectivity index (χ0n) is 23.1. The molecule has 0 fully saturated rings. The summed E-state index contributed by atoms with van der Waals surface area (Å²) in [4.78, 5) is 39.0. The molecule has 0 aliphatic carbocycles. The van der Waals surface area contributed by atoms with E-state index in [1.807, 2.05) is 48.5 Å². The molecule has 8 N–H and O–H groups in total. The van der Waals surface area contributed by atoms with Crippen molar-refractivity contribution in [3.8, 4) is 45.6 Å². The number of aromatic nitrogens is 8. The van der Waals surface area contributed by atoms with E-state index in [0.717, 1.165) is 43.8 Å². The maximum atomic E-state index is 6.19. The first-order valence-corrected chi connectivity index (χ1v) is 13.7. The van der Waals surface area contributed by atoms with E-state index in [2.05, 4.69) is 0 Å². The first kappa shape index (κ1) is 26.6. The molecule has 3 aromatic heterocycles. The van der Waals surface area contributed by atoms with Gasteiger partial charge in [-0.2, -0.15) is 0 Å². The first-order chi connectivity index (χ1) is 21.4. The van der Waals surface area contributed by atoms with Gasteiger partial charge in [0.25, 0.3) is 0 Å². The number of nitrogens with two attached hydrogens (primary N) is 4. The Hall–Kier alpha value is -6.05. The molecule has 0 amide bonds. The van der Waals surface area contributed by atoms with Crippen LogP contribution in [0.15, 0.2) is 72.8 Å². The molecule has 0 saturated carbocycles. The molecule has 219 valence electrons. The van der Waals surface area contributed by atoms with Crippen LogP contribution in [0.4, 0.5) is 22.7 Å². The van der Waals surface area contributed by atoms with Crippen LogP contribution >= 0.6 is 0 Å². The molecule has 5 heterocycles. The monoisotopic (exact) mass is 631 g/mol. The number of benzene rings is 4. The van der Waals surface area contributed by atoms with Gasteiger partial charge in [0.1, 0.15) is 0 Å². The Morgan fingerprint density at radius 2 is 0.689 bits per heavy atom. The summed E-state index contributed by atoms with van der Waals surface area (Å²) in [5.41, 5.74) is 31.7. The second-order valence-electron chi connectivity index (χ2n) is 10.7. The predicted molar refractivity (Wildman–Crippen MR) is 172 cm³/mol. The molecule has 0 atom stereocenters. The van der Waals surface area contributed by atoms with Crippen LogP contribution in [0.25, 0.3) is 89.7 Å². The maximum absolute atomic E-state index is 6.19. The molecule has 45 heavy (non-hydrogen) atoms. The van der Waals surface area contributed by atoms with Crippen LogP contribution < -0.4 is 32.9 Å². The topological polar surface area (TPSA) is 210 Å².